The summed E-state index contributed by atoms with van der Waals surface area (Å²) in [5, 5.41) is 5.99. The molecular formula is C29H28N4O6S. The standard InChI is InChI=1S/C29H28N4O6S/c34-24-19-30-15-8-12-23(24)33(40(37,38)27-14-6-7-16-31-27)29(36)22(17-20-9-2-1-3-10-20)32-28(35)26-18-21-11-4-5-13-25(21)39-26/h1-7,9-11,13-14,16,18,22-23,30H,8,12,15,17,19H2,(H,32,35)/t22?,23-/m0/s1. The van der Waals surface area contributed by atoms with Gasteiger partial charge in [-0.05, 0) is 49.2 Å². The van der Waals surface area contributed by atoms with Gasteiger partial charge in [0, 0.05) is 18.0 Å². The van der Waals surface area contributed by atoms with Gasteiger partial charge in [0.25, 0.3) is 21.8 Å². The number of aromatic nitrogens is 1. The van der Waals surface area contributed by atoms with Crippen molar-refractivity contribution in [3.63, 3.8) is 0 Å². The van der Waals surface area contributed by atoms with E-state index in [9.17, 15) is 22.8 Å². The molecule has 0 spiro atoms. The van der Waals surface area contributed by atoms with Crippen LogP contribution in [-0.4, -0.2) is 60.5 Å². The van der Waals surface area contributed by atoms with E-state index in [1.807, 2.05) is 6.07 Å². The largest absolute Gasteiger partial charge is 0.451 e. The maximum atomic E-state index is 14.3. The van der Waals surface area contributed by atoms with E-state index in [4.69, 9.17) is 4.42 Å². The minimum Gasteiger partial charge on any atom is -0.451 e. The summed E-state index contributed by atoms with van der Waals surface area (Å²) in [4.78, 5) is 44.7. The Labute approximate surface area is 231 Å². The fraction of sp³-hybridized carbons (Fsp3) is 0.241. The lowest BCUT2D eigenvalue weighted by Crippen LogP contribution is -2.57. The second-order valence-electron chi connectivity index (χ2n) is 9.47. The van der Waals surface area contributed by atoms with Gasteiger partial charge in [-0.25, -0.2) is 9.29 Å². The fourth-order valence-electron chi connectivity index (χ4n) is 4.73. The Morgan fingerprint density at radius 2 is 1.80 bits per heavy atom. The number of carbonyl (C=O) groups is 3. The van der Waals surface area contributed by atoms with Gasteiger partial charge in [-0.3, -0.25) is 14.4 Å². The van der Waals surface area contributed by atoms with Crippen molar-refractivity contribution in [3.05, 3.63) is 96.4 Å². The third kappa shape index (κ3) is 5.80. The van der Waals surface area contributed by atoms with Gasteiger partial charge in [-0.1, -0.05) is 54.6 Å². The van der Waals surface area contributed by atoms with E-state index in [-0.39, 0.29) is 30.2 Å². The predicted molar refractivity (Wildman–Crippen MR) is 147 cm³/mol. The second kappa shape index (κ2) is 11.8. The number of fused-ring (bicyclic) bond motifs is 1. The molecule has 2 N–H and O–H groups in total. The second-order valence-corrected chi connectivity index (χ2v) is 11.2. The van der Waals surface area contributed by atoms with Crippen LogP contribution in [0.5, 0.6) is 0 Å². The summed E-state index contributed by atoms with van der Waals surface area (Å²) in [6, 6.07) is 19.3. The molecule has 2 amide bonds. The van der Waals surface area contributed by atoms with Crippen molar-refractivity contribution in [3.8, 4) is 0 Å². The Morgan fingerprint density at radius 1 is 1.05 bits per heavy atom. The number of ketones is 1. The molecule has 1 aliphatic rings. The molecule has 40 heavy (non-hydrogen) atoms. The van der Waals surface area contributed by atoms with Gasteiger partial charge in [0.2, 0.25) is 0 Å². The van der Waals surface area contributed by atoms with Crippen LogP contribution in [0.25, 0.3) is 11.0 Å². The number of amides is 2. The van der Waals surface area contributed by atoms with Gasteiger partial charge in [0.1, 0.15) is 17.7 Å². The molecule has 4 aromatic rings. The maximum absolute atomic E-state index is 14.3. The lowest BCUT2D eigenvalue weighted by atomic mass is 10.0. The normalized spacial score (nSPS) is 16.7. The van der Waals surface area contributed by atoms with Gasteiger partial charge >= 0.3 is 0 Å². The van der Waals surface area contributed by atoms with Crippen LogP contribution in [0.15, 0.2) is 94.5 Å². The van der Waals surface area contributed by atoms with Gasteiger partial charge in [0.05, 0.1) is 6.54 Å². The number of sulfonamides is 1. The first-order valence-electron chi connectivity index (χ1n) is 12.9. The highest BCUT2D eigenvalue weighted by Gasteiger charge is 2.43. The number of hydrogen-bond acceptors (Lipinski definition) is 8. The highest BCUT2D eigenvalue weighted by atomic mass is 32.2. The first-order chi connectivity index (χ1) is 19.3. The third-order valence-electron chi connectivity index (χ3n) is 6.70. The summed E-state index contributed by atoms with van der Waals surface area (Å²) < 4.78 is 34.1. The van der Waals surface area contributed by atoms with Crippen LogP contribution in [0.3, 0.4) is 0 Å². The SMILES string of the molecule is O=C(NC(Cc1ccccc1)C(=O)N([C@H]1CCCNCC1=O)S(=O)(=O)c1ccccn1)c1cc2ccccc2o1. The molecule has 2 atom stereocenters. The highest BCUT2D eigenvalue weighted by molar-refractivity contribution is 7.89. The molecule has 0 aliphatic carbocycles. The number of Topliss-reactive ketones (excluding diaryl/α,β-unsaturated/α-hetero) is 1. The number of para-hydroxylation sites is 1. The summed E-state index contributed by atoms with van der Waals surface area (Å²) in [5.41, 5.74) is 1.18. The third-order valence-corrected chi connectivity index (χ3v) is 8.42. The summed E-state index contributed by atoms with van der Waals surface area (Å²) >= 11 is 0. The smallest absolute Gasteiger partial charge is 0.287 e. The lowest BCUT2D eigenvalue weighted by molar-refractivity contribution is -0.135. The number of carbonyl (C=O) groups excluding carboxylic acids is 3. The first-order valence-corrected chi connectivity index (χ1v) is 14.3. The van der Waals surface area contributed by atoms with Gasteiger partial charge in [0.15, 0.2) is 16.6 Å². The predicted octanol–water partition coefficient (Wildman–Crippen LogP) is 2.71. The van der Waals surface area contributed by atoms with E-state index in [0.29, 0.717) is 33.8 Å². The van der Waals surface area contributed by atoms with Crippen LogP contribution < -0.4 is 10.6 Å². The molecule has 0 radical (unpaired) electrons. The molecule has 5 rings (SSSR count). The average Bonchev–Trinajstić information content (AvgIpc) is 3.31. The van der Waals surface area contributed by atoms with E-state index in [2.05, 4.69) is 15.6 Å². The molecule has 0 saturated carbocycles. The van der Waals surface area contributed by atoms with E-state index in [1.54, 1.807) is 60.7 Å². The van der Waals surface area contributed by atoms with Crippen molar-refractivity contribution in [1.82, 2.24) is 19.9 Å². The molecule has 2 aromatic carbocycles. The van der Waals surface area contributed by atoms with Gasteiger partial charge < -0.3 is 15.1 Å². The molecule has 10 nitrogen and oxygen atoms in total. The quantitative estimate of drug-likeness (QED) is 0.336. The van der Waals surface area contributed by atoms with Crippen LogP contribution in [0, 0.1) is 0 Å². The summed E-state index contributed by atoms with van der Waals surface area (Å²) in [6.07, 6.45) is 1.90. The molecular weight excluding hydrogens is 532 g/mol. The minimum atomic E-state index is -4.56. The van der Waals surface area contributed by atoms with E-state index in [1.165, 1.54) is 18.3 Å². The van der Waals surface area contributed by atoms with Crippen LogP contribution in [0.2, 0.25) is 0 Å². The number of pyridine rings is 1. The monoisotopic (exact) mass is 560 g/mol. The molecule has 11 heteroatoms. The number of furan rings is 1. The number of nitrogens with zero attached hydrogens (tertiary/aromatic N) is 2. The Morgan fingerprint density at radius 3 is 2.55 bits per heavy atom. The van der Waals surface area contributed by atoms with E-state index >= 15 is 0 Å². The molecule has 3 heterocycles. The number of nitrogens with one attached hydrogen (secondary N) is 2. The van der Waals surface area contributed by atoms with Crippen molar-refractivity contribution in [2.24, 2.45) is 0 Å². The zero-order valence-corrected chi connectivity index (χ0v) is 22.3. The van der Waals surface area contributed by atoms with E-state index in [0.717, 1.165) is 0 Å². The zero-order valence-electron chi connectivity index (χ0n) is 21.5. The van der Waals surface area contributed by atoms with Crippen molar-refractivity contribution < 1.29 is 27.2 Å². The molecule has 2 aromatic heterocycles. The minimum absolute atomic E-state index is 0.0148. The Kier molecular flexibility index (Phi) is 8.04. The first kappa shape index (κ1) is 27.2. The Hall–Kier alpha value is -4.35. The number of rotatable bonds is 8. The van der Waals surface area contributed by atoms with Gasteiger partial charge in [-0.15, -0.1) is 0 Å². The Balaban J connectivity index is 1.55. The molecule has 206 valence electrons. The van der Waals surface area contributed by atoms with E-state index < -0.39 is 39.7 Å². The molecule has 0 bridgehead atoms. The Bertz CT molecular complexity index is 1590. The maximum Gasteiger partial charge on any atom is 0.287 e. The number of hydrogen-bond donors (Lipinski definition) is 2. The molecule has 1 aliphatic heterocycles. The summed E-state index contributed by atoms with van der Waals surface area (Å²) in [7, 11) is -4.56. The van der Waals surface area contributed by atoms with Crippen molar-refractivity contribution in [2.75, 3.05) is 13.1 Å². The summed E-state index contributed by atoms with van der Waals surface area (Å²) in [6.45, 7) is 0.422. The number of benzene rings is 2. The molecule has 1 unspecified atom stereocenters. The summed E-state index contributed by atoms with van der Waals surface area (Å²) in [5.74, 6) is -2.08. The molecule has 1 fully saturated rings. The topological polar surface area (TPSA) is 139 Å². The van der Waals surface area contributed by atoms with Crippen molar-refractivity contribution in [2.45, 2.75) is 36.4 Å². The van der Waals surface area contributed by atoms with Crippen LogP contribution in [0.1, 0.15) is 29.0 Å². The molecule has 1 saturated heterocycles. The van der Waals surface area contributed by atoms with Crippen LogP contribution in [0.4, 0.5) is 0 Å². The van der Waals surface area contributed by atoms with Crippen molar-refractivity contribution >= 4 is 38.6 Å². The fourth-order valence-corrected chi connectivity index (χ4v) is 6.29. The average molecular weight is 561 g/mol. The highest BCUT2D eigenvalue weighted by Crippen LogP contribution is 2.24. The van der Waals surface area contributed by atoms with Crippen LogP contribution in [-0.2, 0) is 26.0 Å². The van der Waals surface area contributed by atoms with Crippen molar-refractivity contribution in [1.29, 1.82) is 0 Å². The van der Waals surface area contributed by atoms with Gasteiger partial charge in [-0.2, -0.15) is 8.42 Å². The zero-order chi connectivity index (χ0) is 28.1. The lowest BCUT2D eigenvalue weighted by Gasteiger charge is -2.32. The van der Waals surface area contributed by atoms with Crippen LogP contribution >= 0.6 is 0 Å².